The van der Waals surface area contributed by atoms with Crippen molar-refractivity contribution < 1.29 is 22.9 Å². The molecule has 0 aromatic heterocycles. The van der Waals surface area contributed by atoms with Gasteiger partial charge in [-0.05, 0) is 4.53 Å². The summed E-state index contributed by atoms with van der Waals surface area (Å²) in [5, 5.41) is 0. The summed E-state index contributed by atoms with van der Waals surface area (Å²) in [6, 6.07) is 0. The van der Waals surface area contributed by atoms with Crippen LogP contribution in [-0.2, 0) is 18.3 Å². The highest BCUT2D eigenvalue weighted by atomic mass is 31.2. The van der Waals surface area contributed by atoms with E-state index < -0.39 is 7.82 Å². The molecule has 0 rings (SSSR count). The third kappa shape index (κ3) is 1.88. The Morgan fingerprint density at radius 1 is 1.38 bits per heavy atom. The molecule has 0 aromatic rings. The van der Waals surface area contributed by atoms with Crippen LogP contribution in [0.25, 0.3) is 0 Å². The Bertz CT molecular complexity index is 85.2. The zero-order chi connectivity index (χ0) is 6.62. The van der Waals surface area contributed by atoms with Crippen LogP contribution in [0.15, 0.2) is 0 Å². The van der Waals surface area contributed by atoms with Gasteiger partial charge in [-0.1, -0.05) is 4.73 Å². The monoisotopic (exact) mass is 144 g/mol. The second-order valence-electron chi connectivity index (χ2n) is 0.881. The van der Waals surface area contributed by atoms with E-state index in [1.807, 2.05) is 0 Å². The second-order valence-corrected chi connectivity index (χ2v) is 2.64. The van der Waals surface area contributed by atoms with E-state index in [4.69, 9.17) is 0 Å². The molecular weight excluding hydrogens is 138 g/mol. The first-order valence-corrected chi connectivity index (χ1v) is 3.16. The van der Waals surface area contributed by atoms with Crippen LogP contribution in [0.1, 0.15) is 0 Å². The Labute approximate surface area is 46.1 Å². The Balaban J connectivity index is 3.79. The second kappa shape index (κ2) is 3.14. The van der Waals surface area contributed by atoms with Crippen LogP contribution in [0.4, 0.5) is 4.53 Å². The van der Waals surface area contributed by atoms with Gasteiger partial charge in [-0.15, -0.1) is 0 Å². The van der Waals surface area contributed by atoms with Crippen molar-refractivity contribution in [2.75, 3.05) is 14.2 Å². The van der Waals surface area contributed by atoms with E-state index in [2.05, 4.69) is 13.8 Å². The zero-order valence-corrected chi connectivity index (χ0v) is 5.35. The minimum absolute atomic E-state index is 1.02. The van der Waals surface area contributed by atoms with E-state index in [9.17, 15) is 9.09 Å². The van der Waals surface area contributed by atoms with Crippen molar-refractivity contribution >= 4 is 7.82 Å². The minimum Gasteiger partial charge on any atom is -0.289 e. The molecule has 0 aliphatic rings. The van der Waals surface area contributed by atoms with Crippen molar-refractivity contribution in [3.05, 3.63) is 0 Å². The lowest BCUT2D eigenvalue weighted by Gasteiger charge is -2.04. The fraction of sp³-hybridized carbons (Fsp3) is 1.00. The van der Waals surface area contributed by atoms with Crippen molar-refractivity contribution in [1.29, 1.82) is 0 Å². The third-order valence-corrected chi connectivity index (χ3v) is 1.60. The summed E-state index contributed by atoms with van der Waals surface area (Å²) in [6.45, 7) is 0. The summed E-state index contributed by atoms with van der Waals surface area (Å²) in [6.07, 6.45) is 0. The molecule has 0 aliphatic heterocycles. The van der Waals surface area contributed by atoms with E-state index in [1.165, 1.54) is 0 Å². The van der Waals surface area contributed by atoms with Crippen LogP contribution < -0.4 is 0 Å². The molecule has 0 unspecified atom stereocenters. The molecule has 0 atom stereocenters. The smallest absolute Gasteiger partial charge is 0.289 e. The molecule has 0 saturated heterocycles. The molecule has 0 N–H and O–H groups in total. The van der Waals surface area contributed by atoms with E-state index >= 15 is 0 Å². The molecule has 50 valence electrons. The van der Waals surface area contributed by atoms with Crippen LogP contribution in [-0.4, -0.2) is 14.2 Å². The van der Waals surface area contributed by atoms with Crippen LogP contribution in [0.3, 0.4) is 0 Å². The van der Waals surface area contributed by atoms with Gasteiger partial charge in [0.1, 0.15) is 0 Å². The highest BCUT2D eigenvalue weighted by molar-refractivity contribution is 7.48. The van der Waals surface area contributed by atoms with Gasteiger partial charge in [0.25, 0.3) is 0 Å². The molecule has 0 aromatic carbocycles. The number of phosphoric acid groups is 1. The molecule has 0 saturated carbocycles. The van der Waals surface area contributed by atoms with E-state index in [0.717, 1.165) is 14.2 Å². The van der Waals surface area contributed by atoms with Gasteiger partial charge >= 0.3 is 7.82 Å². The summed E-state index contributed by atoms with van der Waals surface area (Å²) < 4.78 is 32.1. The fourth-order valence-corrected chi connectivity index (χ4v) is 0.393. The number of rotatable bonds is 3. The van der Waals surface area contributed by atoms with Crippen molar-refractivity contribution in [2.45, 2.75) is 0 Å². The van der Waals surface area contributed by atoms with Gasteiger partial charge < -0.3 is 0 Å². The SMILES string of the molecule is COP(=O)(OC)OF. The fourth-order valence-electron chi connectivity index (χ4n) is 0.131. The maximum atomic E-state index is 11.0. The van der Waals surface area contributed by atoms with Crippen molar-refractivity contribution in [1.82, 2.24) is 0 Å². The predicted octanol–water partition coefficient (Wildman–Crippen LogP) is 1.29. The maximum absolute atomic E-state index is 11.0. The van der Waals surface area contributed by atoms with Gasteiger partial charge in [0, 0.05) is 14.2 Å². The minimum atomic E-state index is -3.83. The maximum Gasteiger partial charge on any atom is 0.505 e. The van der Waals surface area contributed by atoms with Gasteiger partial charge in [-0.25, -0.2) is 4.57 Å². The molecule has 0 heterocycles. The molecule has 0 bridgehead atoms. The van der Waals surface area contributed by atoms with Gasteiger partial charge in [-0.3, -0.25) is 9.05 Å². The van der Waals surface area contributed by atoms with Crippen LogP contribution in [0.5, 0.6) is 0 Å². The number of hydrogen-bond acceptors (Lipinski definition) is 4. The first-order chi connectivity index (χ1) is 3.68. The average molecular weight is 144 g/mol. The van der Waals surface area contributed by atoms with Gasteiger partial charge in [0.2, 0.25) is 0 Å². The van der Waals surface area contributed by atoms with Crippen LogP contribution in [0.2, 0.25) is 0 Å². The number of phosphoric ester groups is 1. The number of hydrogen-bond donors (Lipinski definition) is 0. The molecule has 0 aliphatic carbocycles. The summed E-state index contributed by atoms with van der Waals surface area (Å²) in [5.74, 6) is 0. The Hall–Kier alpha value is 0.0400. The Morgan fingerprint density at radius 3 is 1.75 bits per heavy atom. The molecule has 8 heavy (non-hydrogen) atoms. The lowest BCUT2D eigenvalue weighted by molar-refractivity contribution is -0.0482. The largest absolute Gasteiger partial charge is 0.505 e. The lowest BCUT2D eigenvalue weighted by Crippen LogP contribution is -1.86. The van der Waals surface area contributed by atoms with E-state index in [-0.39, 0.29) is 0 Å². The van der Waals surface area contributed by atoms with E-state index in [1.54, 1.807) is 0 Å². The summed E-state index contributed by atoms with van der Waals surface area (Å²) in [7, 11) is -1.79. The first-order valence-electron chi connectivity index (χ1n) is 1.70. The summed E-state index contributed by atoms with van der Waals surface area (Å²) in [4.78, 5) is 0. The highest BCUT2D eigenvalue weighted by Gasteiger charge is 2.22. The van der Waals surface area contributed by atoms with E-state index in [0.29, 0.717) is 0 Å². The highest BCUT2D eigenvalue weighted by Crippen LogP contribution is 2.47. The van der Waals surface area contributed by atoms with Crippen molar-refractivity contribution in [2.24, 2.45) is 0 Å². The predicted molar refractivity (Wildman–Crippen MR) is 23.8 cm³/mol. The van der Waals surface area contributed by atoms with Gasteiger partial charge in [0.05, 0.1) is 0 Å². The first kappa shape index (κ1) is 8.04. The molecule has 0 spiro atoms. The van der Waals surface area contributed by atoms with Crippen molar-refractivity contribution in [3.8, 4) is 0 Å². The van der Waals surface area contributed by atoms with Crippen LogP contribution in [0, 0.1) is 0 Å². The molecule has 6 heteroatoms. The zero-order valence-electron chi connectivity index (χ0n) is 4.46. The average Bonchev–Trinajstić information content (AvgIpc) is 1.87. The van der Waals surface area contributed by atoms with Gasteiger partial charge in [0.15, 0.2) is 0 Å². The quantitative estimate of drug-likeness (QED) is 0.559. The van der Waals surface area contributed by atoms with Gasteiger partial charge in [-0.2, -0.15) is 0 Å². The van der Waals surface area contributed by atoms with Crippen LogP contribution >= 0.6 is 7.82 Å². The summed E-state index contributed by atoms with van der Waals surface area (Å²) in [5.41, 5.74) is 0. The molecule has 0 radical (unpaired) electrons. The number of halogens is 1. The summed E-state index contributed by atoms with van der Waals surface area (Å²) >= 11 is 0. The topological polar surface area (TPSA) is 44.8 Å². The Morgan fingerprint density at radius 2 is 1.75 bits per heavy atom. The standard InChI is InChI=1S/C2H6FO4P/c1-5-8(4,6-2)7-3/h1-2H3. The molecule has 0 amide bonds. The Kier molecular flexibility index (Phi) is 3.16. The molecule has 4 nitrogen and oxygen atoms in total. The third-order valence-electron chi connectivity index (χ3n) is 0.532. The molecular formula is C2H6FO4P. The lowest BCUT2D eigenvalue weighted by atomic mass is 11.8. The molecule has 0 fully saturated rings. The normalized spacial score (nSPS) is 11.9. The van der Waals surface area contributed by atoms with Crippen molar-refractivity contribution in [3.63, 3.8) is 0 Å².